The zero-order chi connectivity index (χ0) is 15.3. The molecule has 2 amide bonds. The standard InChI is InChI=1S/C14H27N3O3/c1-5-14(12(18)19)6-8-17(9-7-14)13(20)15-10-11(2)16(3)4/h11H,5-10H2,1-4H3,(H,15,20)(H,18,19). The van der Waals surface area contributed by atoms with Crippen LogP contribution in [0.2, 0.25) is 0 Å². The second kappa shape index (κ2) is 6.92. The van der Waals surface area contributed by atoms with Crippen molar-refractivity contribution in [3.05, 3.63) is 0 Å². The van der Waals surface area contributed by atoms with Gasteiger partial charge in [0.25, 0.3) is 0 Å². The molecule has 1 fully saturated rings. The van der Waals surface area contributed by atoms with Crippen LogP contribution < -0.4 is 5.32 Å². The number of piperidine rings is 1. The summed E-state index contributed by atoms with van der Waals surface area (Å²) in [5, 5.41) is 12.2. The number of amides is 2. The van der Waals surface area contributed by atoms with Crippen molar-refractivity contribution in [2.24, 2.45) is 5.41 Å². The molecule has 1 heterocycles. The van der Waals surface area contributed by atoms with Gasteiger partial charge in [-0.1, -0.05) is 6.92 Å². The molecule has 6 heteroatoms. The fourth-order valence-corrected chi connectivity index (χ4v) is 2.39. The second-order valence-electron chi connectivity index (χ2n) is 5.92. The Morgan fingerprint density at radius 2 is 1.90 bits per heavy atom. The van der Waals surface area contributed by atoms with Crippen molar-refractivity contribution >= 4 is 12.0 Å². The number of aliphatic carboxylic acids is 1. The van der Waals surface area contributed by atoms with E-state index in [2.05, 4.69) is 5.32 Å². The molecule has 1 aliphatic heterocycles. The molecule has 0 aromatic rings. The van der Waals surface area contributed by atoms with Gasteiger partial charge in [-0.2, -0.15) is 0 Å². The number of carbonyl (C=O) groups is 2. The molecular formula is C14H27N3O3. The van der Waals surface area contributed by atoms with Gasteiger partial charge in [0.15, 0.2) is 0 Å². The first-order valence-electron chi connectivity index (χ1n) is 7.25. The summed E-state index contributed by atoms with van der Waals surface area (Å²) >= 11 is 0. The van der Waals surface area contributed by atoms with E-state index in [4.69, 9.17) is 0 Å². The number of likely N-dealkylation sites (tertiary alicyclic amines) is 1. The summed E-state index contributed by atoms with van der Waals surface area (Å²) in [5.41, 5.74) is -0.645. The molecule has 1 saturated heterocycles. The Kier molecular flexibility index (Phi) is 5.80. The number of rotatable bonds is 5. The molecule has 116 valence electrons. The van der Waals surface area contributed by atoms with Crippen LogP contribution in [-0.2, 0) is 4.79 Å². The number of likely N-dealkylation sites (N-methyl/N-ethyl adjacent to an activating group) is 1. The number of nitrogens with zero attached hydrogens (tertiary/aromatic N) is 2. The molecule has 0 aromatic heterocycles. The monoisotopic (exact) mass is 285 g/mol. The summed E-state index contributed by atoms with van der Waals surface area (Å²) in [7, 11) is 3.94. The highest BCUT2D eigenvalue weighted by Gasteiger charge is 2.40. The lowest BCUT2D eigenvalue weighted by Gasteiger charge is -2.38. The maximum absolute atomic E-state index is 12.0. The molecule has 0 spiro atoms. The van der Waals surface area contributed by atoms with Gasteiger partial charge in [-0.05, 0) is 40.3 Å². The van der Waals surface area contributed by atoms with Crippen LogP contribution in [0.1, 0.15) is 33.1 Å². The first kappa shape index (κ1) is 16.8. The van der Waals surface area contributed by atoms with E-state index >= 15 is 0 Å². The molecule has 0 aromatic carbocycles. The average Bonchev–Trinajstić information content (AvgIpc) is 2.43. The maximum atomic E-state index is 12.0. The summed E-state index contributed by atoms with van der Waals surface area (Å²) in [5.74, 6) is -0.735. The molecule has 1 atom stereocenters. The Hall–Kier alpha value is -1.30. The van der Waals surface area contributed by atoms with Gasteiger partial charge in [-0.15, -0.1) is 0 Å². The second-order valence-corrected chi connectivity index (χ2v) is 5.92. The Bertz CT molecular complexity index is 350. The lowest BCUT2D eigenvalue weighted by molar-refractivity contribution is -0.151. The Morgan fingerprint density at radius 1 is 1.35 bits per heavy atom. The van der Waals surface area contributed by atoms with Crippen molar-refractivity contribution in [1.29, 1.82) is 0 Å². The van der Waals surface area contributed by atoms with E-state index in [9.17, 15) is 14.7 Å². The van der Waals surface area contributed by atoms with Gasteiger partial charge in [-0.3, -0.25) is 4.79 Å². The quantitative estimate of drug-likeness (QED) is 0.796. The number of nitrogens with one attached hydrogen (secondary N) is 1. The van der Waals surface area contributed by atoms with Gasteiger partial charge in [0.1, 0.15) is 0 Å². The van der Waals surface area contributed by atoms with Gasteiger partial charge in [0.2, 0.25) is 0 Å². The molecule has 1 aliphatic rings. The van der Waals surface area contributed by atoms with Crippen LogP contribution in [-0.4, -0.2) is 66.7 Å². The van der Waals surface area contributed by atoms with Gasteiger partial charge < -0.3 is 20.2 Å². The molecule has 0 saturated carbocycles. The molecule has 0 bridgehead atoms. The zero-order valence-corrected chi connectivity index (χ0v) is 13.0. The number of carbonyl (C=O) groups excluding carboxylic acids is 1. The Labute approximate surface area is 121 Å². The van der Waals surface area contributed by atoms with Crippen molar-refractivity contribution in [3.63, 3.8) is 0 Å². The summed E-state index contributed by atoms with van der Waals surface area (Å²) in [6, 6.07) is 0.186. The van der Waals surface area contributed by atoms with E-state index in [-0.39, 0.29) is 12.1 Å². The fraction of sp³-hybridized carbons (Fsp3) is 0.857. The molecule has 20 heavy (non-hydrogen) atoms. The number of carboxylic acid groups (broad SMARTS) is 1. The normalized spacial score (nSPS) is 19.8. The molecule has 2 N–H and O–H groups in total. The van der Waals surface area contributed by atoms with Crippen LogP contribution in [0.15, 0.2) is 0 Å². The molecule has 1 unspecified atom stereocenters. The Morgan fingerprint density at radius 3 is 2.30 bits per heavy atom. The van der Waals surface area contributed by atoms with Crippen molar-refractivity contribution in [1.82, 2.24) is 15.1 Å². The lowest BCUT2D eigenvalue weighted by atomic mass is 9.76. The molecule has 6 nitrogen and oxygen atoms in total. The third-order valence-corrected chi connectivity index (χ3v) is 4.57. The number of hydrogen-bond acceptors (Lipinski definition) is 3. The topological polar surface area (TPSA) is 72.9 Å². The first-order chi connectivity index (χ1) is 9.32. The maximum Gasteiger partial charge on any atom is 0.317 e. The van der Waals surface area contributed by atoms with E-state index in [1.54, 1.807) is 4.90 Å². The number of hydrogen-bond donors (Lipinski definition) is 2. The van der Waals surface area contributed by atoms with Gasteiger partial charge in [-0.25, -0.2) is 4.79 Å². The molecule has 0 radical (unpaired) electrons. The number of carboxylic acids is 1. The summed E-state index contributed by atoms with van der Waals surface area (Å²) in [6.07, 6.45) is 1.69. The zero-order valence-electron chi connectivity index (χ0n) is 13.0. The van der Waals surface area contributed by atoms with E-state index in [0.29, 0.717) is 38.9 Å². The minimum Gasteiger partial charge on any atom is -0.481 e. The van der Waals surface area contributed by atoms with Crippen molar-refractivity contribution in [2.45, 2.75) is 39.2 Å². The first-order valence-corrected chi connectivity index (χ1v) is 7.25. The van der Waals surface area contributed by atoms with Crippen molar-refractivity contribution < 1.29 is 14.7 Å². The minimum atomic E-state index is -0.735. The summed E-state index contributed by atoms with van der Waals surface area (Å²) in [4.78, 5) is 27.2. The summed E-state index contributed by atoms with van der Waals surface area (Å²) < 4.78 is 0. The largest absolute Gasteiger partial charge is 0.481 e. The average molecular weight is 285 g/mol. The summed E-state index contributed by atoms with van der Waals surface area (Å²) in [6.45, 7) is 5.58. The third kappa shape index (κ3) is 3.85. The van der Waals surface area contributed by atoms with Gasteiger partial charge >= 0.3 is 12.0 Å². The Balaban J connectivity index is 2.45. The highest BCUT2D eigenvalue weighted by molar-refractivity contribution is 5.77. The lowest BCUT2D eigenvalue weighted by Crippen LogP contribution is -2.51. The number of urea groups is 1. The van der Waals surface area contributed by atoms with Crippen molar-refractivity contribution in [3.8, 4) is 0 Å². The highest BCUT2D eigenvalue weighted by atomic mass is 16.4. The molecule has 0 aliphatic carbocycles. The van der Waals surface area contributed by atoms with E-state index in [1.165, 1.54) is 0 Å². The van der Waals surface area contributed by atoms with E-state index in [0.717, 1.165) is 0 Å². The van der Waals surface area contributed by atoms with Gasteiger partial charge in [0.05, 0.1) is 5.41 Å². The van der Waals surface area contributed by atoms with Crippen LogP contribution in [0.25, 0.3) is 0 Å². The SMILES string of the molecule is CCC1(C(=O)O)CCN(C(=O)NCC(C)N(C)C)CC1. The van der Waals surface area contributed by atoms with Gasteiger partial charge in [0, 0.05) is 25.7 Å². The molecule has 1 rings (SSSR count). The van der Waals surface area contributed by atoms with Crippen LogP contribution in [0.4, 0.5) is 4.79 Å². The van der Waals surface area contributed by atoms with Crippen LogP contribution in [0.3, 0.4) is 0 Å². The highest BCUT2D eigenvalue weighted by Crippen LogP contribution is 2.35. The predicted octanol–water partition coefficient (Wildman–Crippen LogP) is 1.22. The van der Waals surface area contributed by atoms with E-state index in [1.807, 2.05) is 32.8 Å². The van der Waals surface area contributed by atoms with Crippen LogP contribution in [0.5, 0.6) is 0 Å². The van der Waals surface area contributed by atoms with E-state index < -0.39 is 11.4 Å². The van der Waals surface area contributed by atoms with Crippen LogP contribution in [0, 0.1) is 5.41 Å². The molecular weight excluding hydrogens is 258 g/mol. The predicted molar refractivity (Wildman–Crippen MR) is 77.7 cm³/mol. The minimum absolute atomic E-state index is 0.0891. The smallest absolute Gasteiger partial charge is 0.317 e. The third-order valence-electron chi connectivity index (χ3n) is 4.57. The fourth-order valence-electron chi connectivity index (χ4n) is 2.39. The van der Waals surface area contributed by atoms with Crippen molar-refractivity contribution in [2.75, 3.05) is 33.7 Å². The van der Waals surface area contributed by atoms with Crippen LogP contribution >= 0.6 is 0 Å².